The molecule has 5 aromatic rings. The Morgan fingerprint density at radius 3 is 2.62 bits per heavy atom. The molecule has 0 aliphatic carbocycles. The molecule has 6 rings (SSSR count). The Morgan fingerprint density at radius 2 is 1.90 bits per heavy atom. The quantitative estimate of drug-likeness (QED) is 0.230. The number of H-pyrrole nitrogens is 1. The van der Waals surface area contributed by atoms with E-state index >= 15 is 4.39 Å². The predicted octanol–water partition coefficient (Wildman–Crippen LogP) is 5.06. The maximum atomic E-state index is 15.0. The number of alkyl halides is 3. The largest absolute Gasteiger partial charge is 0.418 e. The fraction of sp³-hybridized carbons (Fsp3) is 0.192. The molecule has 2 aromatic carbocycles. The summed E-state index contributed by atoms with van der Waals surface area (Å²) in [5, 5.41) is 11.7. The summed E-state index contributed by atoms with van der Waals surface area (Å²) >= 11 is 6.26. The van der Waals surface area contributed by atoms with Crippen LogP contribution in [0.2, 0.25) is 5.02 Å². The summed E-state index contributed by atoms with van der Waals surface area (Å²) in [6, 6.07) is 10.8. The smallest absolute Gasteiger partial charge is 0.398 e. The third kappa shape index (κ3) is 4.31. The van der Waals surface area contributed by atoms with E-state index in [4.69, 9.17) is 17.3 Å². The average Bonchev–Trinajstić information content (AvgIpc) is 3.62. The van der Waals surface area contributed by atoms with Gasteiger partial charge in [0, 0.05) is 33.6 Å². The number of anilines is 1. The Labute approximate surface area is 228 Å². The zero-order valence-corrected chi connectivity index (χ0v) is 21.4. The first-order valence-electron chi connectivity index (χ1n) is 12.0. The topological polar surface area (TPSA) is 120 Å². The van der Waals surface area contributed by atoms with Gasteiger partial charge >= 0.3 is 6.18 Å². The molecule has 0 saturated carbocycles. The van der Waals surface area contributed by atoms with Crippen LogP contribution in [0.4, 0.5) is 23.2 Å². The zero-order valence-electron chi connectivity index (χ0n) is 20.6. The van der Waals surface area contributed by atoms with E-state index < -0.39 is 29.4 Å². The number of halogens is 5. The predicted molar refractivity (Wildman–Crippen MR) is 138 cm³/mol. The van der Waals surface area contributed by atoms with Crippen molar-refractivity contribution in [3.8, 4) is 28.1 Å². The molecule has 3 aromatic heterocycles. The van der Waals surface area contributed by atoms with Gasteiger partial charge in [0.15, 0.2) is 0 Å². The van der Waals surface area contributed by atoms with Gasteiger partial charge in [0.2, 0.25) is 5.95 Å². The molecule has 0 fully saturated rings. The maximum absolute atomic E-state index is 15.0. The Hall–Kier alpha value is -4.52. The number of nitrogens with one attached hydrogen (secondary N) is 1. The van der Waals surface area contributed by atoms with Crippen LogP contribution in [0.15, 0.2) is 59.7 Å². The summed E-state index contributed by atoms with van der Waals surface area (Å²) in [6.45, 7) is 1.88. The van der Waals surface area contributed by atoms with Crippen LogP contribution in [0.5, 0.6) is 0 Å². The van der Waals surface area contributed by atoms with Gasteiger partial charge in [0.05, 0.1) is 17.3 Å². The van der Waals surface area contributed by atoms with E-state index in [9.17, 15) is 18.0 Å². The molecule has 40 heavy (non-hydrogen) atoms. The second-order valence-electron chi connectivity index (χ2n) is 9.57. The highest BCUT2D eigenvalue weighted by atomic mass is 35.5. The van der Waals surface area contributed by atoms with Crippen LogP contribution in [-0.4, -0.2) is 34.7 Å². The first-order chi connectivity index (χ1) is 19.0. The minimum Gasteiger partial charge on any atom is -0.398 e. The highest BCUT2D eigenvalue weighted by molar-refractivity contribution is 6.31. The highest BCUT2D eigenvalue weighted by Crippen LogP contribution is 2.39. The van der Waals surface area contributed by atoms with Crippen molar-refractivity contribution in [2.75, 3.05) is 5.73 Å². The molecule has 1 aliphatic rings. The molecular formula is C26H19ClF4N8O. The lowest BCUT2D eigenvalue weighted by Crippen LogP contribution is -2.26. The lowest BCUT2D eigenvalue weighted by Gasteiger charge is -2.17. The van der Waals surface area contributed by atoms with E-state index in [0.717, 1.165) is 12.1 Å². The van der Waals surface area contributed by atoms with Crippen LogP contribution in [0.1, 0.15) is 30.0 Å². The second-order valence-corrected chi connectivity index (χ2v) is 10.0. The lowest BCUT2D eigenvalue weighted by molar-refractivity contribution is -0.136. The second kappa shape index (κ2) is 9.30. The van der Waals surface area contributed by atoms with Crippen molar-refractivity contribution < 1.29 is 17.6 Å². The molecule has 204 valence electrons. The van der Waals surface area contributed by atoms with Crippen molar-refractivity contribution in [3.63, 3.8) is 0 Å². The molecule has 3 N–H and O–H groups in total. The number of rotatable bonds is 4. The van der Waals surface area contributed by atoms with Gasteiger partial charge in [-0.3, -0.25) is 4.79 Å². The lowest BCUT2D eigenvalue weighted by atomic mass is 10.00. The summed E-state index contributed by atoms with van der Waals surface area (Å²) < 4.78 is 58.1. The van der Waals surface area contributed by atoms with Gasteiger partial charge in [0.25, 0.3) is 5.56 Å². The minimum atomic E-state index is -4.71. The Morgan fingerprint density at radius 1 is 1.10 bits per heavy atom. The molecule has 14 heteroatoms. The van der Waals surface area contributed by atoms with E-state index in [2.05, 4.69) is 25.5 Å². The number of aromatic nitrogens is 7. The Balaban J connectivity index is 1.42. The summed E-state index contributed by atoms with van der Waals surface area (Å²) in [6.07, 6.45) is -2.82. The number of aromatic amines is 1. The number of benzene rings is 2. The van der Waals surface area contributed by atoms with E-state index in [1.54, 1.807) is 18.2 Å². The zero-order chi connectivity index (χ0) is 28.3. The number of pyridine rings is 1. The van der Waals surface area contributed by atoms with Crippen LogP contribution < -0.4 is 11.3 Å². The molecular weight excluding hydrogens is 552 g/mol. The van der Waals surface area contributed by atoms with E-state index in [1.807, 2.05) is 13.0 Å². The standard InChI is InChI=1S/C26H19ClF4N8O/c1-12-6-16-7-14(17-10-15(27)3-5-20(17)38-11-33-36-37-38)9-21(40)39(16)23(12)25-34-22(24(28)35-25)13-2-4-19(32)18(8-13)26(29,30)31/h2-5,7-12,23H,6,32H2,1H3,(H,34,35)/t12-,23-/m0/s1. The third-order valence-corrected chi connectivity index (χ3v) is 7.20. The number of nitrogen functional groups attached to an aromatic ring is 1. The molecule has 9 nitrogen and oxygen atoms in total. The average molecular weight is 571 g/mol. The number of hydrogen-bond donors (Lipinski definition) is 2. The molecule has 0 bridgehead atoms. The summed E-state index contributed by atoms with van der Waals surface area (Å²) in [5.41, 5.74) is 5.78. The number of hydrogen-bond acceptors (Lipinski definition) is 6. The summed E-state index contributed by atoms with van der Waals surface area (Å²) in [7, 11) is 0. The van der Waals surface area contributed by atoms with Crippen LogP contribution in [0.3, 0.4) is 0 Å². The first kappa shape index (κ1) is 25.7. The van der Waals surface area contributed by atoms with Crippen molar-refractivity contribution in [3.05, 3.63) is 93.3 Å². The first-order valence-corrected chi connectivity index (χ1v) is 12.4. The Kier molecular flexibility index (Phi) is 5.98. The van der Waals surface area contributed by atoms with Gasteiger partial charge in [-0.05, 0) is 64.7 Å². The fourth-order valence-electron chi connectivity index (χ4n) is 5.22. The summed E-state index contributed by atoms with van der Waals surface area (Å²) in [4.78, 5) is 20.3. The van der Waals surface area contributed by atoms with Crippen molar-refractivity contribution in [2.24, 2.45) is 5.92 Å². The number of nitrogens with two attached hydrogens (primary N) is 1. The summed E-state index contributed by atoms with van der Waals surface area (Å²) in [5.74, 6) is -1.05. The van der Waals surface area contributed by atoms with Crippen LogP contribution in [-0.2, 0) is 12.6 Å². The van der Waals surface area contributed by atoms with E-state index in [1.165, 1.54) is 27.7 Å². The molecule has 0 spiro atoms. The van der Waals surface area contributed by atoms with Crippen molar-refractivity contribution in [2.45, 2.75) is 25.6 Å². The monoisotopic (exact) mass is 570 g/mol. The third-order valence-electron chi connectivity index (χ3n) is 6.97. The van der Waals surface area contributed by atoms with Crippen molar-refractivity contribution >= 4 is 17.3 Å². The highest BCUT2D eigenvalue weighted by Gasteiger charge is 2.36. The molecule has 0 radical (unpaired) electrons. The van der Waals surface area contributed by atoms with E-state index in [-0.39, 0.29) is 28.6 Å². The molecule has 1 aliphatic heterocycles. The van der Waals surface area contributed by atoms with Gasteiger partial charge in [0.1, 0.15) is 17.8 Å². The molecule has 0 amide bonds. The van der Waals surface area contributed by atoms with Gasteiger partial charge in [-0.25, -0.2) is 4.98 Å². The number of tetrazole rings is 1. The molecule has 0 saturated heterocycles. The van der Waals surface area contributed by atoms with Gasteiger partial charge in [-0.2, -0.15) is 22.2 Å². The number of fused-ring (bicyclic) bond motifs is 1. The number of nitrogens with zero attached hydrogens (tertiary/aromatic N) is 6. The molecule has 4 heterocycles. The maximum Gasteiger partial charge on any atom is 0.418 e. The van der Waals surface area contributed by atoms with Crippen LogP contribution in [0, 0.1) is 11.9 Å². The van der Waals surface area contributed by atoms with Crippen LogP contribution in [0.25, 0.3) is 28.1 Å². The van der Waals surface area contributed by atoms with E-state index in [0.29, 0.717) is 34.0 Å². The normalized spacial score (nSPS) is 16.9. The fourth-order valence-corrected chi connectivity index (χ4v) is 5.39. The number of imidazole rings is 1. The SMILES string of the molecule is C[C@H]1Cc2cc(-c3cc(Cl)ccc3-n3cnnn3)cc(=O)n2[C@@H]1c1nc(F)c(-c2ccc(N)c(C(F)(F)F)c2)[nH]1. The van der Waals surface area contributed by atoms with Crippen molar-refractivity contribution in [1.82, 2.24) is 34.7 Å². The minimum absolute atomic E-state index is 0.0672. The van der Waals surface area contributed by atoms with Crippen molar-refractivity contribution in [1.29, 1.82) is 0 Å². The van der Waals surface area contributed by atoms with Gasteiger partial charge in [-0.15, -0.1) is 5.10 Å². The Bertz CT molecular complexity index is 1810. The van der Waals surface area contributed by atoms with Crippen LogP contribution >= 0.6 is 11.6 Å². The van der Waals surface area contributed by atoms with Gasteiger partial charge < -0.3 is 15.3 Å². The molecule has 0 unspecified atom stereocenters. The molecule has 2 atom stereocenters. The van der Waals surface area contributed by atoms with Gasteiger partial charge in [-0.1, -0.05) is 24.6 Å².